The molecule has 0 radical (unpaired) electrons. The monoisotopic (exact) mass is 564 g/mol. The van der Waals surface area contributed by atoms with Crippen LogP contribution in [0.4, 0.5) is 20.3 Å². The Balaban J connectivity index is 1.34. The number of aromatic nitrogens is 4. The number of alkyl halides is 2. The number of halogens is 2. The number of benzene rings is 1. The second-order valence-corrected chi connectivity index (χ2v) is 12.5. The summed E-state index contributed by atoms with van der Waals surface area (Å²) in [7, 11) is 1.89. The highest BCUT2D eigenvalue weighted by atomic mass is 19.3. The van der Waals surface area contributed by atoms with Crippen LogP contribution in [0.15, 0.2) is 30.6 Å². The van der Waals surface area contributed by atoms with Gasteiger partial charge in [0.25, 0.3) is 0 Å². The van der Waals surface area contributed by atoms with Crippen LogP contribution < -0.4 is 4.90 Å². The molecule has 8 nitrogen and oxygen atoms in total. The Morgan fingerprint density at radius 2 is 2.05 bits per heavy atom. The maximum absolute atomic E-state index is 14.1. The fourth-order valence-electron chi connectivity index (χ4n) is 7.40. The van der Waals surface area contributed by atoms with Gasteiger partial charge in [-0.25, -0.2) is 8.78 Å². The Kier molecular flexibility index (Phi) is 6.64. The van der Waals surface area contributed by atoms with Gasteiger partial charge >= 0.3 is 0 Å². The molecule has 1 saturated carbocycles. The molecule has 1 amide bonds. The Bertz CT molecular complexity index is 1460. The van der Waals surface area contributed by atoms with Crippen molar-refractivity contribution in [2.75, 3.05) is 31.2 Å². The summed E-state index contributed by atoms with van der Waals surface area (Å²) in [5.41, 5.74) is 5.90. The summed E-state index contributed by atoms with van der Waals surface area (Å²) in [6.07, 6.45) is 7.42. The standard InChI is InChI=1S/C31H38F2N6O2/c1-20(40)37-10-8-28-25(18-37)30(35-39(28)24-5-3-4-11-41-12-9-24)38-19-31(15-26(31)29(32)33)14-22-13-21(6-7-27(22)38)23-16-34-36(2)17-23/h6-7,13,16-17,24,26,29H,3-5,8-12,14-15,18-19H2,1-2H3/t24?,26-,31?/m0/s1. The molecule has 41 heavy (non-hydrogen) atoms. The van der Waals surface area contributed by atoms with Gasteiger partial charge in [0.05, 0.1) is 18.8 Å². The zero-order chi connectivity index (χ0) is 28.3. The van der Waals surface area contributed by atoms with Gasteiger partial charge in [0.15, 0.2) is 5.82 Å². The zero-order valence-corrected chi connectivity index (χ0v) is 23.9. The van der Waals surface area contributed by atoms with Crippen LogP contribution in [0.1, 0.15) is 61.9 Å². The molecule has 3 aromatic rings. The predicted molar refractivity (Wildman–Crippen MR) is 151 cm³/mol. The molecule has 2 aromatic heterocycles. The van der Waals surface area contributed by atoms with Crippen molar-refractivity contribution >= 4 is 17.4 Å². The van der Waals surface area contributed by atoms with E-state index in [1.54, 1.807) is 11.6 Å². The molecule has 2 fully saturated rings. The van der Waals surface area contributed by atoms with Gasteiger partial charge < -0.3 is 14.5 Å². The third-order valence-corrected chi connectivity index (χ3v) is 9.76. The first-order chi connectivity index (χ1) is 19.8. The van der Waals surface area contributed by atoms with Gasteiger partial charge in [-0.05, 0) is 61.8 Å². The second kappa shape index (κ2) is 10.2. The van der Waals surface area contributed by atoms with Gasteiger partial charge in [-0.15, -0.1) is 0 Å². The molecular formula is C31H38F2N6O2. The molecule has 218 valence electrons. The minimum atomic E-state index is -2.34. The number of carbonyl (C=O) groups excluding carboxylic acids is 1. The molecule has 4 aliphatic rings. The van der Waals surface area contributed by atoms with Crippen molar-refractivity contribution in [3.63, 3.8) is 0 Å². The first-order valence-corrected chi connectivity index (χ1v) is 14.9. The topological polar surface area (TPSA) is 68.4 Å². The van der Waals surface area contributed by atoms with E-state index in [4.69, 9.17) is 9.84 Å². The maximum Gasteiger partial charge on any atom is 0.242 e. The van der Waals surface area contributed by atoms with E-state index in [1.165, 1.54) is 5.69 Å². The minimum Gasteiger partial charge on any atom is -0.381 e. The van der Waals surface area contributed by atoms with Crippen LogP contribution in [-0.4, -0.2) is 63.1 Å². The summed E-state index contributed by atoms with van der Waals surface area (Å²) in [6.45, 7) is 4.80. The van der Waals surface area contributed by atoms with Gasteiger partial charge in [0.1, 0.15) is 0 Å². The van der Waals surface area contributed by atoms with Crippen molar-refractivity contribution in [1.82, 2.24) is 24.5 Å². The van der Waals surface area contributed by atoms with Crippen molar-refractivity contribution in [3.05, 3.63) is 47.4 Å². The summed E-state index contributed by atoms with van der Waals surface area (Å²) >= 11 is 0. The number of aryl methyl sites for hydroxylation is 1. The van der Waals surface area contributed by atoms with Crippen LogP contribution in [0.2, 0.25) is 0 Å². The van der Waals surface area contributed by atoms with Crippen LogP contribution in [0.25, 0.3) is 11.1 Å². The molecule has 3 aliphatic heterocycles. The Morgan fingerprint density at radius 3 is 2.80 bits per heavy atom. The van der Waals surface area contributed by atoms with Crippen LogP contribution in [-0.2, 0) is 36.0 Å². The molecule has 2 unspecified atom stereocenters. The van der Waals surface area contributed by atoms with E-state index in [2.05, 4.69) is 32.9 Å². The second-order valence-electron chi connectivity index (χ2n) is 12.5. The summed E-state index contributed by atoms with van der Waals surface area (Å²) < 4.78 is 38.1. The molecule has 10 heteroatoms. The number of anilines is 2. The molecule has 1 aromatic carbocycles. The lowest BCUT2D eigenvalue weighted by Gasteiger charge is -2.37. The Labute approximate surface area is 239 Å². The number of hydrogen-bond donors (Lipinski definition) is 0. The molecule has 0 N–H and O–H groups in total. The third kappa shape index (κ3) is 4.73. The average molecular weight is 565 g/mol. The summed E-state index contributed by atoms with van der Waals surface area (Å²) in [4.78, 5) is 16.6. The molecule has 1 saturated heterocycles. The van der Waals surface area contributed by atoms with Crippen molar-refractivity contribution in [3.8, 4) is 11.1 Å². The highest BCUT2D eigenvalue weighted by Crippen LogP contribution is 2.62. The largest absolute Gasteiger partial charge is 0.381 e. The van der Waals surface area contributed by atoms with E-state index in [9.17, 15) is 13.6 Å². The lowest BCUT2D eigenvalue weighted by atomic mass is 9.86. The molecular weight excluding hydrogens is 526 g/mol. The van der Waals surface area contributed by atoms with Gasteiger partial charge in [0, 0.05) is 86.7 Å². The average Bonchev–Trinajstić information content (AvgIpc) is 3.25. The van der Waals surface area contributed by atoms with Gasteiger partial charge in [-0.3, -0.25) is 14.2 Å². The SMILES string of the molecule is CC(=O)N1CCc2c(c(N3CC4(Cc5cc(-c6cnn(C)c6)ccc53)C[C@H]4C(F)F)nn2C2CCCCOCC2)C1. The normalized spacial score (nSPS) is 26.1. The van der Waals surface area contributed by atoms with E-state index in [0.717, 1.165) is 72.5 Å². The van der Waals surface area contributed by atoms with Crippen LogP contribution in [0.3, 0.4) is 0 Å². The molecule has 3 atom stereocenters. The summed E-state index contributed by atoms with van der Waals surface area (Å²) in [5.74, 6) is 0.253. The minimum absolute atomic E-state index is 0.0466. The Morgan fingerprint density at radius 1 is 1.17 bits per heavy atom. The fourth-order valence-corrected chi connectivity index (χ4v) is 7.40. The molecule has 1 aliphatic carbocycles. The summed E-state index contributed by atoms with van der Waals surface area (Å²) in [6, 6.07) is 6.59. The number of hydrogen-bond acceptors (Lipinski definition) is 5. The fraction of sp³-hybridized carbons (Fsp3) is 0.581. The van der Waals surface area contributed by atoms with Crippen molar-refractivity contribution < 1.29 is 18.3 Å². The quantitative estimate of drug-likeness (QED) is 0.431. The molecule has 1 spiro atoms. The van der Waals surface area contributed by atoms with Crippen LogP contribution in [0.5, 0.6) is 0 Å². The number of amides is 1. The highest BCUT2D eigenvalue weighted by Gasteiger charge is 2.61. The number of carbonyl (C=O) groups is 1. The van der Waals surface area contributed by atoms with E-state index >= 15 is 0 Å². The lowest BCUT2D eigenvalue weighted by molar-refractivity contribution is -0.129. The van der Waals surface area contributed by atoms with Gasteiger partial charge in [-0.1, -0.05) is 6.07 Å². The zero-order valence-electron chi connectivity index (χ0n) is 23.9. The van der Waals surface area contributed by atoms with Crippen molar-refractivity contribution in [1.29, 1.82) is 0 Å². The van der Waals surface area contributed by atoms with E-state index in [1.807, 2.05) is 24.3 Å². The third-order valence-electron chi connectivity index (χ3n) is 9.76. The smallest absolute Gasteiger partial charge is 0.242 e. The van der Waals surface area contributed by atoms with Crippen molar-refractivity contribution in [2.24, 2.45) is 18.4 Å². The predicted octanol–water partition coefficient (Wildman–Crippen LogP) is 5.29. The number of fused-ring (bicyclic) bond motifs is 2. The van der Waals surface area contributed by atoms with Gasteiger partial charge in [0.2, 0.25) is 12.3 Å². The van der Waals surface area contributed by atoms with E-state index in [-0.39, 0.29) is 11.9 Å². The number of rotatable bonds is 4. The number of ether oxygens (including phenoxy) is 1. The molecule has 7 rings (SSSR count). The van der Waals surface area contributed by atoms with E-state index in [0.29, 0.717) is 39.1 Å². The van der Waals surface area contributed by atoms with Crippen LogP contribution in [0, 0.1) is 11.3 Å². The highest BCUT2D eigenvalue weighted by molar-refractivity contribution is 5.76. The Hall–Kier alpha value is -3.27. The summed E-state index contributed by atoms with van der Waals surface area (Å²) in [5, 5.41) is 9.63. The lowest BCUT2D eigenvalue weighted by Crippen LogP contribution is -2.38. The van der Waals surface area contributed by atoms with E-state index < -0.39 is 17.8 Å². The van der Waals surface area contributed by atoms with Gasteiger partial charge in [-0.2, -0.15) is 10.2 Å². The van der Waals surface area contributed by atoms with Crippen molar-refractivity contribution in [2.45, 2.75) is 70.9 Å². The first kappa shape index (κ1) is 26.6. The maximum atomic E-state index is 14.1. The molecule has 5 heterocycles. The first-order valence-electron chi connectivity index (χ1n) is 14.9. The molecule has 0 bridgehead atoms. The number of nitrogens with zero attached hydrogens (tertiary/aromatic N) is 6. The van der Waals surface area contributed by atoms with Crippen LogP contribution >= 0.6 is 0 Å².